The molecule has 78 valence electrons. The first-order valence-corrected chi connectivity index (χ1v) is 4.07. The molecule has 0 fully saturated rings. The van der Waals surface area contributed by atoms with Gasteiger partial charge in [-0.05, 0) is 11.6 Å². The van der Waals surface area contributed by atoms with Gasteiger partial charge in [-0.3, -0.25) is 0 Å². The fraction of sp³-hybridized carbons (Fsp3) is 0.222. The minimum atomic E-state index is -1.11. The van der Waals surface area contributed by atoms with Gasteiger partial charge in [0.25, 0.3) is 0 Å². The van der Waals surface area contributed by atoms with Gasteiger partial charge in [-0.1, -0.05) is 0 Å². The predicted molar refractivity (Wildman–Crippen MR) is 50.4 cm³/mol. The summed E-state index contributed by atoms with van der Waals surface area (Å²) in [6, 6.07) is 3.44. The van der Waals surface area contributed by atoms with Crippen LogP contribution in [0.15, 0.2) is 12.3 Å². The van der Waals surface area contributed by atoms with E-state index in [0.29, 0.717) is 11.3 Å². The van der Waals surface area contributed by atoms with Crippen LogP contribution in [0.2, 0.25) is 0 Å². The molecule has 1 heterocycles. The normalized spacial score (nSPS) is 9.07. The zero-order chi connectivity index (χ0) is 11.3. The van der Waals surface area contributed by atoms with E-state index >= 15 is 0 Å². The van der Waals surface area contributed by atoms with E-state index in [9.17, 15) is 4.79 Å². The summed E-state index contributed by atoms with van der Waals surface area (Å²) >= 11 is 0. The topological polar surface area (TPSA) is 95.2 Å². The fourth-order valence-electron chi connectivity index (χ4n) is 0.999. The predicted octanol–water partition coefficient (Wildman–Crippen LogP) is 0.729. The van der Waals surface area contributed by atoms with Crippen molar-refractivity contribution < 1.29 is 14.6 Å². The molecule has 2 N–H and O–H groups in total. The van der Waals surface area contributed by atoms with E-state index in [1.807, 2.05) is 6.07 Å². The molecule has 1 rings (SSSR count). The second kappa shape index (κ2) is 4.81. The Morgan fingerprint density at radius 1 is 1.80 bits per heavy atom. The van der Waals surface area contributed by atoms with E-state index in [1.165, 1.54) is 13.3 Å². The molecule has 0 unspecified atom stereocenters. The molecule has 1 aromatic heterocycles. The quantitative estimate of drug-likeness (QED) is 0.761. The number of amides is 1. The van der Waals surface area contributed by atoms with E-state index in [4.69, 9.17) is 15.1 Å². The average molecular weight is 207 g/mol. The molecule has 1 amide bonds. The molecule has 0 aliphatic carbocycles. The van der Waals surface area contributed by atoms with Crippen molar-refractivity contribution in [1.29, 1.82) is 5.26 Å². The SMILES string of the molecule is COc1cc(CNC(=O)O)cnc1C#N. The maximum atomic E-state index is 10.2. The lowest BCUT2D eigenvalue weighted by Crippen LogP contribution is -2.20. The van der Waals surface area contributed by atoms with Gasteiger partial charge in [0.15, 0.2) is 11.4 Å². The number of carboxylic acid groups (broad SMARTS) is 1. The van der Waals surface area contributed by atoms with Crippen LogP contribution in [-0.4, -0.2) is 23.3 Å². The van der Waals surface area contributed by atoms with Crippen molar-refractivity contribution in [2.24, 2.45) is 0 Å². The lowest BCUT2D eigenvalue weighted by Gasteiger charge is -2.05. The molecule has 0 atom stereocenters. The molecule has 15 heavy (non-hydrogen) atoms. The van der Waals surface area contributed by atoms with Crippen LogP contribution in [0.5, 0.6) is 5.75 Å². The summed E-state index contributed by atoms with van der Waals surface area (Å²) in [5, 5.41) is 19.2. The number of methoxy groups -OCH3 is 1. The van der Waals surface area contributed by atoms with Crippen molar-refractivity contribution in [3.05, 3.63) is 23.5 Å². The summed E-state index contributed by atoms with van der Waals surface area (Å²) in [5.74, 6) is 0.335. The summed E-state index contributed by atoms with van der Waals surface area (Å²) in [4.78, 5) is 14.1. The molecule has 0 saturated carbocycles. The van der Waals surface area contributed by atoms with Crippen LogP contribution < -0.4 is 10.1 Å². The number of carbonyl (C=O) groups is 1. The lowest BCUT2D eigenvalue weighted by atomic mass is 10.2. The molecule has 0 radical (unpaired) electrons. The first-order valence-electron chi connectivity index (χ1n) is 4.07. The molecule has 0 aromatic carbocycles. The number of hydrogen-bond acceptors (Lipinski definition) is 4. The molecule has 1 aromatic rings. The Labute approximate surface area is 86.1 Å². The number of hydrogen-bond donors (Lipinski definition) is 2. The molecule has 6 heteroatoms. The number of aromatic nitrogens is 1. The van der Waals surface area contributed by atoms with E-state index < -0.39 is 6.09 Å². The smallest absolute Gasteiger partial charge is 0.404 e. The monoisotopic (exact) mass is 207 g/mol. The zero-order valence-corrected chi connectivity index (χ0v) is 8.02. The third kappa shape index (κ3) is 2.84. The molecule has 0 aliphatic rings. The van der Waals surface area contributed by atoms with Gasteiger partial charge >= 0.3 is 6.09 Å². The van der Waals surface area contributed by atoms with Gasteiger partial charge in [-0.2, -0.15) is 5.26 Å². The number of nitrogens with one attached hydrogen (secondary N) is 1. The number of ether oxygens (including phenoxy) is 1. The minimum Gasteiger partial charge on any atom is -0.494 e. The highest BCUT2D eigenvalue weighted by atomic mass is 16.5. The maximum absolute atomic E-state index is 10.2. The summed E-state index contributed by atoms with van der Waals surface area (Å²) < 4.78 is 4.92. The van der Waals surface area contributed by atoms with Crippen molar-refractivity contribution in [3.63, 3.8) is 0 Å². The molecule has 0 bridgehead atoms. The van der Waals surface area contributed by atoms with Gasteiger partial charge in [0.2, 0.25) is 0 Å². The molecule has 6 nitrogen and oxygen atoms in total. The maximum Gasteiger partial charge on any atom is 0.404 e. The second-order valence-electron chi connectivity index (χ2n) is 2.66. The summed E-state index contributed by atoms with van der Waals surface area (Å²) in [6.07, 6.45) is 0.315. The molecule has 0 spiro atoms. The van der Waals surface area contributed by atoms with Gasteiger partial charge < -0.3 is 15.2 Å². The highest BCUT2D eigenvalue weighted by Crippen LogP contribution is 2.16. The zero-order valence-electron chi connectivity index (χ0n) is 8.02. The first kappa shape index (κ1) is 10.8. The Kier molecular flexibility index (Phi) is 3.46. The lowest BCUT2D eigenvalue weighted by molar-refractivity contribution is 0.194. The fourth-order valence-corrected chi connectivity index (χ4v) is 0.999. The van der Waals surface area contributed by atoms with Crippen LogP contribution in [0.1, 0.15) is 11.3 Å². The Balaban J connectivity index is 2.84. The number of pyridine rings is 1. The Bertz CT molecular complexity index is 412. The molecular formula is C9H9N3O3. The second-order valence-corrected chi connectivity index (χ2v) is 2.66. The van der Waals surface area contributed by atoms with Crippen molar-refractivity contribution in [2.45, 2.75) is 6.54 Å². The van der Waals surface area contributed by atoms with E-state index in [1.54, 1.807) is 6.07 Å². The van der Waals surface area contributed by atoms with Crippen LogP contribution in [0.4, 0.5) is 4.79 Å². The Morgan fingerprint density at radius 2 is 2.53 bits per heavy atom. The third-order valence-corrected chi connectivity index (χ3v) is 1.68. The van der Waals surface area contributed by atoms with Crippen LogP contribution in [0.25, 0.3) is 0 Å². The van der Waals surface area contributed by atoms with Crippen LogP contribution in [0.3, 0.4) is 0 Å². The van der Waals surface area contributed by atoms with E-state index in [2.05, 4.69) is 10.3 Å². The van der Waals surface area contributed by atoms with Crippen LogP contribution in [0, 0.1) is 11.3 Å². The van der Waals surface area contributed by atoms with Crippen LogP contribution >= 0.6 is 0 Å². The van der Waals surface area contributed by atoms with Crippen molar-refractivity contribution >= 4 is 6.09 Å². The van der Waals surface area contributed by atoms with Gasteiger partial charge in [0.05, 0.1) is 7.11 Å². The summed E-state index contributed by atoms with van der Waals surface area (Å²) in [6.45, 7) is 0.129. The third-order valence-electron chi connectivity index (χ3n) is 1.68. The highest BCUT2D eigenvalue weighted by molar-refractivity contribution is 5.64. The average Bonchev–Trinajstić information content (AvgIpc) is 2.25. The van der Waals surface area contributed by atoms with E-state index in [-0.39, 0.29) is 12.2 Å². The standard InChI is InChI=1S/C9H9N3O3/c1-15-8-2-6(5-12-9(13)14)4-11-7(8)3-10/h2,4,12H,5H2,1H3,(H,13,14). The van der Waals surface area contributed by atoms with Gasteiger partial charge in [-0.25, -0.2) is 9.78 Å². The van der Waals surface area contributed by atoms with Gasteiger partial charge in [0.1, 0.15) is 6.07 Å². The first-order chi connectivity index (χ1) is 7.17. The van der Waals surface area contributed by atoms with Crippen molar-refractivity contribution in [1.82, 2.24) is 10.3 Å². The van der Waals surface area contributed by atoms with Crippen molar-refractivity contribution in [2.75, 3.05) is 7.11 Å². The van der Waals surface area contributed by atoms with Crippen LogP contribution in [-0.2, 0) is 6.54 Å². The Morgan fingerprint density at radius 3 is 3.07 bits per heavy atom. The summed E-state index contributed by atoms with van der Waals surface area (Å²) in [7, 11) is 1.42. The minimum absolute atomic E-state index is 0.129. The van der Waals surface area contributed by atoms with Gasteiger partial charge in [-0.15, -0.1) is 0 Å². The molecule has 0 saturated heterocycles. The summed E-state index contributed by atoms with van der Waals surface area (Å²) in [5.41, 5.74) is 0.810. The van der Waals surface area contributed by atoms with Gasteiger partial charge in [0, 0.05) is 12.7 Å². The van der Waals surface area contributed by atoms with Crippen molar-refractivity contribution in [3.8, 4) is 11.8 Å². The largest absolute Gasteiger partial charge is 0.494 e. The van der Waals surface area contributed by atoms with E-state index in [0.717, 1.165) is 0 Å². The number of nitrogens with zero attached hydrogens (tertiary/aromatic N) is 2. The number of nitriles is 1. The highest BCUT2D eigenvalue weighted by Gasteiger charge is 2.05. The number of rotatable bonds is 3. The molecule has 0 aliphatic heterocycles. The Hall–Kier alpha value is -2.29. The molecular weight excluding hydrogens is 198 g/mol.